The molecule has 0 amide bonds. The van der Waals surface area contributed by atoms with Crippen molar-refractivity contribution >= 4 is 0 Å². The van der Waals surface area contributed by atoms with Crippen LogP contribution in [0.1, 0.15) is 0 Å². The van der Waals surface area contributed by atoms with Crippen molar-refractivity contribution in [2.45, 2.75) is 0 Å². The zero-order valence-electron chi connectivity index (χ0n) is 3.40. The Kier molecular flexibility index (Phi) is 16.5. The van der Waals surface area contributed by atoms with E-state index < -0.39 is 0 Å². The predicted molar refractivity (Wildman–Crippen MR) is 13.9 cm³/mol. The Morgan fingerprint density at radius 3 is 1.80 bits per heavy atom. The monoisotopic (exact) mass is 83.0 g/mol. The topological polar surface area (TPSA) is 49.1 Å². The van der Waals surface area contributed by atoms with Gasteiger partial charge in [0.1, 0.15) is 0 Å². The van der Waals surface area contributed by atoms with Crippen LogP contribution in [0, 0.1) is 0 Å². The largest absolute Gasteiger partial charge is 1.00 e. The SMILES string of the molecule is NCC[O-].[Na+]. The van der Waals surface area contributed by atoms with Crippen molar-refractivity contribution in [1.29, 1.82) is 0 Å². The Labute approximate surface area is 53.7 Å². The van der Waals surface area contributed by atoms with Gasteiger partial charge in [-0.25, -0.2) is 0 Å². The zero-order valence-corrected chi connectivity index (χ0v) is 5.40. The molecule has 0 rings (SSSR count). The van der Waals surface area contributed by atoms with E-state index in [2.05, 4.69) is 0 Å². The van der Waals surface area contributed by atoms with Crippen LogP contribution in [-0.2, 0) is 0 Å². The first kappa shape index (κ1) is 9.33. The Bertz CT molecular complexity index is 11.6. The molecule has 0 aromatic carbocycles. The van der Waals surface area contributed by atoms with Gasteiger partial charge in [-0.1, -0.05) is 0 Å². The molecular formula is C2H6NNaO. The fourth-order valence-electron chi connectivity index (χ4n) is 0. The summed E-state index contributed by atoms with van der Waals surface area (Å²) in [6, 6.07) is 0. The molecule has 0 saturated carbocycles. The smallest absolute Gasteiger partial charge is 0.854 e. The van der Waals surface area contributed by atoms with E-state index >= 15 is 0 Å². The van der Waals surface area contributed by atoms with E-state index in [0.717, 1.165) is 0 Å². The Morgan fingerprint density at radius 2 is 1.80 bits per heavy atom. The molecule has 0 saturated heterocycles. The van der Waals surface area contributed by atoms with Gasteiger partial charge >= 0.3 is 29.6 Å². The van der Waals surface area contributed by atoms with E-state index in [9.17, 15) is 5.11 Å². The van der Waals surface area contributed by atoms with Gasteiger partial charge in [-0.3, -0.25) is 0 Å². The summed E-state index contributed by atoms with van der Waals surface area (Å²) in [5.41, 5.74) is 4.72. The average Bonchev–Trinajstić information content (AvgIpc) is 1.37. The summed E-state index contributed by atoms with van der Waals surface area (Å²) >= 11 is 0. The first-order chi connectivity index (χ1) is 1.91. The van der Waals surface area contributed by atoms with Gasteiger partial charge in [0.2, 0.25) is 0 Å². The minimum atomic E-state index is -0.153. The first-order valence-corrected chi connectivity index (χ1v) is 1.20. The van der Waals surface area contributed by atoms with Crippen molar-refractivity contribution in [3.05, 3.63) is 0 Å². The molecule has 3 heteroatoms. The number of rotatable bonds is 1. The molecule has 0 heterocycles. The summed E-state index contributed by atoms with van der Waals surface area (Å²) in [6.45, 7) is 0.111. The molecule has 0 bridgehead atoms. The molecule has 26 valence electrons. The number of nitrogens with two attached hydrogens (primary N) is 1. The van der Waals surface area contributed by atoms with Crippen molar-refractivity contribution in [2.75, 3.05) is 13.2 Å². The van der Waals surface area contributed by atoms with Crippen LogP contribution in [0.25, 0.3) is 0 Å². The molecule has 5 heavy (non-hydrogen) atoms. The van der Waals surface area contributed by atoms with Crippen LogP contribution in [0.2, 0.25) is 0 Å². The fraction of sp³-hybridized carbons (Fsp3) is 1.00. The van der Waals surface area contributed by atoms with E-state index in [0.29, 0.717) is 0 Å². The average molecular weight is 83.1 g/mol. The second-order valence-corrected chi connectivity index (χ2v) is 0.493. The summed E-state index contributed by atoms with van der Waals surface area (Å²) in [4.78, 5) is 0. The molecular weight excluding hydrogens is 77.0 g/mol. The molecule has 0 aliphatic carbocycles. The van der Waals surface area contributed by atoms with Gasteiger partial charge in [-0.05, 0) is 6.54 Å². The maximum absolute atomic E-state index is 9.17. The van der Waals surface area contributed by atoms with E-state index in [1.54, 1.807) is 0 Å². The predicted octanol–water partition coefficient (Wildman–Crippen LogP) is -4.69. The van der Waals surface area contributed by atoms with Crippen LogP contribution in [0.4, 0.5) is 0 Å². The summed E-state index contributed by atoms with van der Waals surface area (Å²) in [5, 5.41) is 9.17. The summed E-state index contributed by atoms with van der Waals surface area (Å²) in [6.07, 6.45) is 0. The van der Waals surface area contributed by atoms with Crippen molar-refractivity contribution in [2.24, 2.45) is 5.73 Å². The van der Waals surface area contributed by atoms with Crippen molar-refractivity contribution in [3.8, 4) is 0 Å². The first-order valence-electron chi connectivity index (χ1n) is 1.20. The molecule has 0 aliphatic rings. The number of hydrogen-bond acceptors (Lipinski definition) is 2. The van der Waals surface area contributed by atoms with Gasteiger partial charge < -0.3 is 10.8 Å². The van der Waals surface area contributed by atoms with Crippen LogP contribution < -0.4 is 40.4 Å². The standard InChI is InChI=1S/C2H6NO.Na/c3-1-2-4;/h1-3H2;/q-1;+1. The van der Waals surface area contributed by atoms with Crippen LogP contribution in [0.5, 0.6) is 0 Å². The van der Waals surface area contributed by atoms with Gasteiger partial charge in [0, 0.05) is 0 Å². The van der Waals surface area contributed by atoms with Crippen LogP contribution in [0.15, 0.2) is 0 Å². The fourth-order valence-corrected chi connectivity index (χ4v) is 0. The molecule has 0 unspecified atom stereocenters. The van der Waals surface area contributed by atoms with Gasteiger partial charge in [-0.15, -0.1) is 6.61 Å². The molecule has 2 N–H and O–H groups in total. The molecule has 0 aromatic rings. The quantitative estimate of drug-likeness (QED) is 0.324. The van der Waals surface area contributed by atoms with Gasteiger partial charge in [-0.2, -0.15) is 0 Å². The van der Waals surface area contributed by atoms with E-state index in [-0.39, 0.29) is 42.7 Å². The number of hydrogen-bond donors (Lipinski definition) is 1. The normalized spacial score (nSPS) is 6.00. The van der Waals surface area contributed by atoms with Crippen molar-refractivity contribution in [1.82, 2.24) is 0 Å². The third-order valence-electron chi connectivity index (χ3n) is 0.118. The second kappa shape index (κ2) is 8.87. The zero-order chi connectivity index (χ0) is 3.41. The molecule has 0 spiro atoms. The van der Waals surface area contributed by atoms with E-state index in [4.69, 9.17) is 5.73 Å². The minimum absolute atomic E-state index is 0. The Balaban J connectivity index is 0. The van der Waals surface area contributed by atoms with Gasteiger partial charge in [0.25, 0.3) is 0 Å². The maximum atomic E-state index is 9.17. The molecule has 0 aromatic heterocycles. The van der Waals surface area contributed by atoms with Crippen molar-refractivity contribution in [3.63, 3.8) is 0 Å². The van der Waals surface area contributed by atoms with Crippen LogP contribution in [0.3, 0.4) is 0 Å². The summed E-state index contributed by atoms with van der Waals surface area (Å²) in [7, 11) is 0. The minimum Gasteiger partial charge on any atom is -0.854 e. The van der Waals surface area contributed by atoms with Gasteiger partial charge in [0.05, 0.1) is 0 Å². The Morgan fingerprint density at radius 1 is 1.60 bits per heavy atom. The van der Waals surface area contributed by atoms with Crippen LogP contribution in [-0.4, -0.2) is 13.2 Å². The molecule has 0 radical (unpaired) electrons. The molecule has 0 aliphatic heterocycles. The second-order valence-electron chi connectivity index (χ2n) is 0.493. The van der Waals surface area contributed by atoms with E-state index in [1.165, 1.54) is 0 Å². The maximum Gasteiger partial charge on any atom is 1.00 e. The van der Waals surface area contributed by atoms with Gasteiger partial charge in [0.15, 0.2) is 0 Å². The third kappa shape index (κ3) is 11.4. The van der Waals surface area contributed by atoms with Crippen LogP contribution >= 0.6 is 0 Å². The summed E-state index contributed by atoms with van der Waals surface area (Å²) < 4.78 is 0. The molecule has 2 nitrogen and oxygen atoms in total. The third-order valence-corrected chi connectivity index (χ3v) is 0.118. The molecule has 0 atom stereocenters. The van der Waals surface area contributed by atoms with Crippen molar-refractivity contribution < 1.29 is 34.7 Å². The Hall–Kier alpha value is 0.920. The van der Waals surface area contributed by atoms with E-state index in [1.807, 2.05) is 0 Å². The summed E-state index contributed by atoms with van der Waals surface area (Å²) in [5.74, 6) is 0. The molecule has 0 fully saturated rings.